The minimum atomic E-state index is -0.830. The summed E-state index contributed by atoms with van der Waals surface area (Å²) in [5.74, 6) is -1.03. The maximum Gasteiger partial charge on any atom is 0.306 e. The molecule has 0 spiro atoms. The number of allylic oxidation sites excluding steroid dienone is 18. The van der Waals surface area contributed by atoms with E-state index in [1.165, 1.54) is 116 Å². The van der Waals surface area contributed by atoms with Crippen LogP contribution >= 0.6 is 0 Å². The number of ether oxygens (including phenoxy) is 3. The van der Waals surface area contributed by atoms with E-state index in [0.717, 1.165) is 83.5 Å². The molecule has 0 aromatic carbocycles. The number of hydrogen-bond acceptors (Lipinski definition) is 6. The molecule has 0 aliphatic rings. The molecule has 0 aromatic rings. The van der Waals surface area contributed by atoms with Crippen molar-refractivity contribution in [3.63, 3.8) is 0 Å². The van der Waals surface area contributed by atoms with Gasteiger partial charge in [-0.15, -0.1) is 0 Å². The second kappa shape index (κ2) is 56.7. The molecule has 0 N–H and O–H groups in total. The van der Waals surface area contributed by atoms with Crippen LogP contribution in [0.5, 0.6) is 0 Å². The van der Waals surface area contributed by atoms with Crippen molar-refractivity contribution >= 4 is 17.9 Å². The Hall–Kier alpha value is -3.93. The van der Waals surface area contributed by atoms with Crippen molar-refractivity contribution in [1.82, 2.24) is 0 Å². The van der Waals surface area contributed by atoms with Gasteiger partial charge in [-0.25, -0.2) is 0 Å². The molecule has 0 saturated heterocycles. The molecule has 392 valence electrons. The van der Waals surface area contributed by atoms with E-state index in [9.17, 15) is 14.4 Å². The quantitative estimate of drug-likeness (QED) is 0.0262. The van der Waals surface area contributed by atoms with E-state index in [1.54, 1.807) is 0 Å². The Balaban J connectivity index is 4.55. The summed E-state index contributed by atoms with van der Waals surface area (Å²) in [6, 6.07) is 0. The average molecular weight is 958 g/mol. The molecule has 6 nitrogen and oxygen atoms in total. The highest BCUT2D eigenvalue weighted by Gasteiger charge is 2.19. The van der Waals surface area contributed by atoms with E-state index in [1.807, 2.05) is 0 Å². The van der Waals surface area contributed by atoms with Crippen LogP contribution in [0.1, 0.15) is 252 Å². The van der Waals surface area contributed by atoms with Crippen LogP contribution in [0.25, 0.3) is 0 Å². The second-order valence-corrected chi connectivity index (χ2v) is 18.5. The normalized spacial score (nSPS) is 12.9. The first-order valence-corrected chi connectivity index (χ1v) is 28.4. The Morgan fingerprint density at radius 2 is 0.580 bits per heavy atom. The minimum absolute atomic E-state index is 0.117. The van der Waals surface area contributed by atoms with Gasteiger partial charge in [0.15, 0.2) is 6.10 Å². The Bertz CT molecular complexity index is 1420. The Morgan fingerprint density at radius 3 is 0.942 bits per heavy atom. The summed E-state index contributed by atoms with van der Waals surface area (Å²) in [6.07, 6.45) is 76.6. The van der Waals surface area contributed by atoms with Crippen molar-refractivity contribution in [1.29, 1.82) is 0 Å². The van der Waals surface area contributed by atoms with Gasteiger partial charge < -0.3 is 14.2 Å². The van der Waals surface area contributed by atoms with Crippen LogP contribution in [0, 0.1) is 0 Å². The van der Waals surface area contributed by atoms with Gasteiger partial charge in [0.05, 0.1) is 0 Å². The van der Waals surface area contributed by atoms with Crippen molar-refractivity contribution in [3.05, 3.63) is 109 Å². The summed E-state index contributed by atoms with van der Waals surface area (Å²) in [6.45, 7) is 6.41. The van der Waals surface area contributed by atoms with Crippen molar-refractivity contribution in [2.75, 3.05) is 13.2 Å². The number of carbonyl (C=O) groups is 3. The van der Waals surface area contributed by atoms with Crippen LogP contribution < -0.4 is 0 Å². The van der Waals surface area contributed by atoms with E-state index >= 15 is 0 Å². The van der Waals surface area contributed by atoms with Gasteiger partial charge in [0.25, 0.3) is 0 Å². The monoisotopic (exact) mass is 957 g/mol. The predicted molar refractivity (Wildman–Crippen MR) is 297 cm³/mol. The zero-order valence-corrected chi connectivity index (χ0v) is 44.8. The molecule has 0 fully saturated rings. The lowest BCUT2D eigenvalue weighted by molar-refractivity contribution is -0.167. The van der Waals surface area contributed by atoms with Gasteiger partial charge in [0.1, 0.15) is 13.2 Å². The summed E-state index contributed by atoms with van der Waals surface area (Å²) >= 11 is 0. The molecule has 0 rings (SSSR count). The van der Waals surface area contributed by atoms with Crippen molar-refractivity contribution in [2.45, 2.75) is 258 Å². The highest BCUT2D eigenvalue weighted by Crippen LogP contribution is 2.15. The van der Waals surface area contributed by atoms with Crippen molar-refractivity contribution in [2.24, 2.45) is 0 Å². The van der Waals surface area contributed by atoms with Gasteiger partial charge in [-0.1, -0.05) is 246 Å². The van der Waals surface area contributed by atoms with E-state index in [0.29, 0.717) is 19.3 Å². The first kappa shape index (κ1) is 65.1. The van der Waals surface area contributed by atoms with Crippen molar-refractivity contribution < 1.29 is 28.6 Å². The molecule has 0 bridgehead atoms. The van der Waals surface area contributed by atoms with Crippen LogP contribution in [-0.4, -0.2) is 37.2 Å². The maximum absolute atomic E-state index is 12.8. The van der Waals surface area contributed by atoms with E-state index < -0.39 is 6.10 Å². The summed E-state index contributed by atoms with van der Waals surface area (Å²) in [7, 11) is 0. The first-order chi connectivity index (χ1) is 34.0. The van der Waals surface area contributed by atoms with E-state index in [-0.39, 0.29) is 44.0 Å². The zero-order chi connectivity index (χ0) is 50.0. The highest BCUT2D eigenvalue weighted by atomic mass is 16.6. The number of esters is 3. The van der Waals surface area contributed by atoms with Crippen LogP contribution in [0.15, 0.2) is 109 Å². The van der Waals surface area contributed by atoms with Gasteiger partial charge >= 0.3 is 17.9 Å². The molecule has 0 aromatic heterocycles. The fourth-order valence-corrected chi connectivity index (χ4v) is 7.53. The average Bonchev–Trinajstić information content (AvgIpc) is 3.35. The molecule has 0 amide bonds. The van der Waals surface area contributed by atoms with Gasteiger partial charge in [0, 0.05) is 19.3 Å². The van der Waals surface area contributed by atoms with Crippen molar-refractivity contribution in [3.8, 4) is 0 Å². The molecular weight excluding hydrogens is 853 g/mol. The number of unbranched alkanes of at least 4 members (excludes halogenated alkanes) is 21. The van der Waals surface area contributed by atoms with Gasteiger partial charge in [-0.2, -0.15) is 0 Å². The lowest BCUT2D eigenvalue weighted by atomic mass is 10.0. The third-order valence-electron chi connectivity index (χ3n) is 11.8. The molecule has 0 unspecified atom stereocenters. The largest absolute Gasteiger partial charge is 0.462 e. The molecule has 1 atom stereocenters. The minimum Gasteiger partial charge on any atom is -0.462 e. The fourth-order valence-electron chi connectivity index (χ4n) is 7.53. The van der Waals surface area contributed by atoms with Crippen LogP contribution in [-0.2, 0) is 28.6 Å². The van der Waals surface area contributed by atoms with Crippen LogP contribution in [0.4, 0.5) is 0 Å². The lowest BCUT2D eigenvalue weighted by Gasteiger charge is -2.18. The molecular formula is C63H104O6. The molecule has 0 saturated carbocycles. The summed E-state index contributed by atoms with van der Waals surface area (Å²) in [5.41, 5.74) is 0. The highest BCUT2D eigenvalue weighted by molar-refractivity contribution is 5.71. The molecule has 0 heterocycles. The number of carbonyl (C=O) groups excluding carboxylic acids is 3. The maximum atomic E-state index is 12.8. The summed E-state index contributed by atoms with van der Waals surface area (Å²) in [4.78, 5) is 38.1. The van der Waals surface area contributed by atoms with E-state index in [2.05, 4.69) is 130 Å². The molecule has 6 heteroatoms. The standard InChI is InChI=1S/C63H104O6/c1-4-7-10-13-16-19-22-25-28-31-34-37-40-43-46-49-52-55-61(64)67-58-60(69-63(66)57-54-51-48-45-42-39-36-33-30-27-24-21-18-15-12-9-6-3)59-68-62(65)56-53-50-47-44-41-38-35-32-29-26-23-20-17-14-11-8-5-2/h7,10,16,18-19,21,25,27-28,30,34,36-37,39,43,45-46,48,60H,4-6,8-9,11-15,17,20,22-24,26,29,31-33,35,38,40-42,44,47,49-59H2,1-3H3/b10-7-,19-16-,21-18-,28-25-,30-27-,37-34-,39-36-,46-43-,48-45-/t60-/m0/s1. The summed E-state index contributed by atoms with van der Waals surface area (Å²) in [5, 5.41) is 0. The smallest absolute Gasteiger partial charge is 0.306 e. The molecule has 69 heavy (non-hydrogen) atoms. The molecule has 0 aliphatic carbocycles. The molecule has 0 aliphatic heterocycles. The topological polar surface area (TPSA) is 78.9 Å². The van der Waals surface area contributed by atoms with Gasteiger partial charge in [-0.05, 0) is 96.3 Å². The first-order valence-electron chi connectivity index (χ1n) is 28.4. The number of hydrogen-bond donors (Lipinski definition) is 0. The Kier molecular flexibility index (Phi) is 53.4. The Morgan fingerprint density at radius 1 is 0.304 bits per heavy atom. The molecule has 0 radical (unpaired) electrons. The SMILES string of the molecule is CC/C=C\C/C=C\C/C=C\C/C=C\C/C=C\CCCC(=O)OC[C@@H](COC(=O)CCCCCCCCCCCCCCCCCCC)OC(=O)CCC/C=C\C/C=C\C/C=C\C/C=C\CCCCC. The third-order valence-corrected chi connectivity index (χ3v) is 11.8. The predicted octanol–water partition coefficient (Wildman–Crippen LogP) is 19.1. The lowest BCUT2D eigenvalue weighted by Crippen LogP contribution is -2.30. The van der Waals surface area contributed by atoms with Crippen LogP contribution in [0.2, 0.25) is 0 Å². The third kappa shape index (κ3) is 54.9. The number of rotatable bonds is 50. The van der Waals surface area contributed by atoms with Gasteiger partial charge in [0.2, 0.25) is 0 Å². The Labute approximate surface area is 425 Å². The van der Waals surface area contributed by atoms with Crippen LogP contribution in [0.3, 0.4) is 0 Å². The van der Waals surface area contributed by atoms with E-state index in [4.69, 9.17) is 14.2 Å². The van der Waals surface area contributed by atoms with Gasteiger partial charge in [-0.3, -0.25) is 14.4 Å². The second-order valence-electron chi connectivity index (χ2n) is 18.5. The zero-order valence-electron chi connectivity index (χ0n) is 44.8. The fraction of sp³-hybridized carbons (Fsp3) is 0.667. The summed E-state index contributed by atoms with van der Waals surface area (Å²) < 4.78 is 16.8.